The third-order valence-electron chi connectivity index (χ3n) is 2.47. The van der Waals surface area contributed by atoms with Crippen molar-refractivity contribution in [1.29, 1.82) is 0 Å². The van der Waals surface area contributed by atoms with E-state index in [2.05, 4.69) is 10.3 Å². The Balaban J connectivity index is 2.23. The summed E-state index contributed by atoms with van der Waals surface area (Å²) in [5.41, 5.74) is 4.58. The largest absolute Gasteiger partial charge is 0.497 e. The Morgan fingerprint density at radius 2 is 2.05 bits per heavy atom. The van der Waals surface area contributed by atoms with Gasteiger partial charge in [0.15, 0.2) is 11.6 Å². The van der Waals surface area contributed by atoms with Gasteiger partial charge in [-0.15, -0.1) is 0 Å². The summed E-state index contributed by atoms with van der Waals surface area (Å²) in [5.74, 6) is -0.890. The molecule has 1 aromatic heterocycles. The minimum atomic E-state index is -0.963. The SMILES string of the molecule is COc1ccc(NC(=O)n2cc(F)c(N)nc2=O)cc1. The van der Waals surface area contributed by atoms with Gasteiger partial charge in [0.2, 0.25) is 0 Å². The normalized spacial score (nSPS) is 10.1. The molecule has 0 bridgehead atoms. The van der Waals surface area contributed by atoms with Gasteiger partial charge in [0.05, 0.1) is 13.3 Å². The number of ether oxygens (including phenoxy) is 1. The number of halogens is 1. The number of carbonyl (C=O) groups is 1. The summed E-state index contributed by atoms with van der Waals surface area (Å²) in [7, 11) is 1.51. The standard InChI is InChI=1S/C12H11FN4O3/c1-20-8-4-2-7(3-5-8)15-11(18)17-6-9(13)10(14)16-12(17)19/h2-6H,1H3,(H,15,18)(H2,14,16,19). The van der Waals surface area contributed by atoms with Crippen molar-refractivity contribution >= 4 is 17.5 Å². The van der Waals surface area contributed by atoms with Gasteiger partial charge in [0, 0.05) is 5.69 Å². The predicted octanol–water partition coefficient (Wildman–Crippen LogP) is 1.05. The number of nitrogens with zero attached hydrogens (tertiary/aromatic N) is 2. The number of nitrogens with two attached hydrogens (primary N) is 1. The van der Waals surface area contributed by atoms with Crippen molar-refractivity contribution in [3.05, 3.63) is 46.8 Å². The van der Waals surface area contributed by atoms with Crippen LogP contribution in [0.1, 0.15) is 0 Å². The fourth-order valence-corrected chi connectivity index (χ4v) is 1.45. The third kappa shape index (κ3) is 2.74. The van der Waals surface area contributed by atoms with Crippen molar-refractivity contribution in [2.45, 2.75) is 0 Å². The summed E-state index contributed by atoms with van der Waals surface area (Å²) in [4.78, 5) is 26.5. The lowest BCUT2D eigenvalue weighted by Gasteiger charge is -2.08. The Morgan fingerprint density at radius 1 is 1.40 bits per heavy atom. The van der Waals surface area contributed by atoms with Gasteiger partial charge < -0.3 is 15.8 Å². The molecule has 0 aliphatic carbocycles. The zero-order valence-electron chi connectivity index (χ0n) is 10.5. The van der Waals surface area contributed by atoms with E-state index < -0.39 is 23.4 Å². The maximum atomic E-state index is 13.2. The average molecular weight is 278 g/mol. The molecular formula is C12H11FN4O3. The van der Waals surface area contributed by atoms with Crippen LogP contribution in [-0.4, -0.2) is 22.7 Å². The number of methoxy groups -OCH3 is 1. The van der Waals surface area contributed by atoms with Crippen LogP contribution in [0.3, 0.4) is 0 Å². The van der Waals surface area contributed by atoms with Crippen LogP contribution in [0.25, 0.3) is 0 Å². The van der Waals surface area contributed by atoms with Crippen molar-refractivity contribution in [3.63, 3.8) is 0 Å². The molecule has 0 radical (unpaired) electrons. The summed E-state index contributed by atoms with van der Waals surface area (Å²) >= 11 is 0. The Labute approximate surface area is 112 Å². The zero-order valence-corrected chi connectivity index (χ0v) is 10.5. The van der Waals surface area contributed by atoms with Crippen LogP contribution in [0.4, 0.5) is 20.7 Å². The monoisotopic (exact) mass is 278 g/mol. The molecule has 0 aliphatic rings. The summed E-state index contributed by atoms with van der Waals surface area (Å²) in [5, 5.41) is 2.42. The first-order valence-corrected chi connectivity index (χ1v) is 5.51. The van der Waals surface area contributed by atoms with Gasteiger partial charge in [-0.2, -0.15) is 4.98 Å². The first kappa shape index (κ1) is 13.5. The number of hydrogen-bond donors (Lipinski definition) is 2. The Bertz CT molecular complexity index is 697. The van der Waals surface area contributed by atoms with Gasteiger partial charge in [-0.3, -0.25) is 0 Å². The van der Waals surface area contributed by atoms with Crippen molar-refractivity contribution < 1.29 is 13.9 Å². The maximum absolute atomic E-state index is 13.2. The van der Waals surface area contributed by atoms with Gasteiger partial charge in [0.25, 0.3) is 0 Å². The molecule has 2 rings (SSSR count). The molecule has 0 spiro atoms. The lowest BCUT2D eigenvalue weighted by Crippen LogP contribution is -2.33. The number of aromatic nitrogens is 2. The van der Waals surface area contributed by atoms with Crippen LogP contribution >= 0.6 is 0 Å². The van der Waals surface area contributed by atoms with E-state index in [1.807, 2.05) is 0 Å². The molecule has 0 aliphatic heterocycles. The molecule has 20 heavy (non-hydrogen) atoms. The fraction of sp³-hybridized carbons (Fsp3) is 0.0833. The summed E-state index contributed by atoms with van der Waals surface area (Å²) in [6.07, 6.45) is 0.684. The highest BCUT2D eigenvalue weighted by Gasteiger charge is 2.12. The summed E-state index contributed by atoms with van der Waals surface area (Å²) in [6, 6.07) is 5.55. The van der Waals surface area contributed by atoms with Crippen LogP contribution < -0.4 is 21.5 Å². The second-order valence-electron chi connectivity index (χ2n) is 3.79. The van der Waals surface area contributed by atoms with Crippen LogP contribution in [0, 0.1) is 5.82 Å². The molecule has 0 fully saturated rings. The quantitative estimate of drug-likeness (QED) is 0.855. The van der Waals surface area contributed by atoms with E-state index in [0.717, 1.165) is 0 Å². The highest BCUT2D eigenvalue weighted by molar-refractivity contribution is 5.90. The average Bonchev–Trinajstić information content (AvgIpc) is 2.43. The van der Waals surface area contributed by atoms with Crippen molar-refractivity contribution in [3.8, 4) is 5.75 Å². The lowest BCUT2D eigenvalue weighted by molar-refractivity contribution is 0.252. The zero-order chi connectivity index (χ0) is 14.7. The lowest BCUT2D eigenvalue weighted by atomic mass is 10.3. The molecule has 0 saturated carbocycles. The van der Waals surface area contributed by atoms with Gasteiger partial charge in [-0.25, -0.2) is 18.5 Å². The van der Waals surface area contributed by atoms with E-state index in [0.29, 0.717) is 22.2 Å². The first-order chi connectivity index (χ1) is 9.51. The van der Waals surface area contributed by atoms with Gasteiger partial charge in [0.1, 0.15) is 5.75 Å². The van der Waals surface area contributed by atoms with Crippen LogP contribution in [0.5, 0.6) is 5.75 Å². The molecule has 2 aromatic rings. The molecule has 1 amide bonds. The number of rotatable bonds is 2. The number of amides is 1. The van der Waals surface area contributed by atoms with Crippen LogP contribution in [0.2, 0.25) is 0 Å². The number of hydrogen-bond acceptors (Lipinski definition) is 5. The van der Waals surface area contributed by atoms with E-state index in [1.165, 1.54) is 7.11 Å². The molecule has 0 atom stereocenters. The molecular weight excluding hydrogens is 267 g/mol. The number of carbonyl (C=O) groups excluding carboxylic acids is 1. The molecule has 1 heterocycles. The number of nitrogens with one attached hydrogen (secondary N) is 1. The molecule has 3 N–H and O–H groups in total. The van der Waals surface area contributed by atoms with E-state index in [4.69, 9.17) is 10.5 Å². The number of benzene rings is 1. The minimum absolute atomic E-state index is 0.417. The van der Waals surface area contributed by atoms with Gasteiger partial charge >= 0.3 is 11.7 Å². The Kier molecular flexibility index (Phi) is 3.65. The van der Waals surface area contributed by atoms with E-state index >= 15 is 0 Å². The highest BCUT2D eigenvalue weighted by Crippen LogP contribution is 2.15. The number of nitrogen functional groups attached to an aromatic ring is 1. The molecule has 7 nitrogen and oxygen atoms in total. The maximum Gasteiger partial charge on any atom is 0.357 e. The summed E-state index contributed by atoms with van der Waals surface area (Å²) in [6.45, 7) is 0. The first-order valence-electron chi connectivity index (χ1n) is 5.51. The van der Waals surface area contributed by atoms with Crippen LogP contribution in [0.15, 0.2) is 35.3 Å². The number of anilines is 2. The van der Waals surface area contributed by atoms with Gasteiger partial charge in [-0.1, -0.05) is 0 Å². The van der Waals surface area contributed by atoms with E-state index in [9.17, 15) is 14.0 Å². The molecule has 0 unspecified atom stereocenters. The molecule has 0 saturated heterocycles. The van der Waals surface area contributed by atoms with E-state index in [1.54, 1.807) is 24.3 Å². The van der Waals surface area contributed by atoms with Crippen LogP contribution in [-0.2, 0) is 0 Å². The Hall–Kier alpha value is -2.90. The second kappa shape index (κ2) is 5.39. The predicted molar refractivity (Wildman–Crippen MR) is 70.3 cm³/mol. The summed E-state index contributed by atoms with van der Waals surface area (Å²) < 4.78 is 18.7. The fourth-order valence-electron chi connectivity index (χ4n) is 1.45. The second-order valence-corrected chi connectivity index (χ2v) is 3.79. The van der Waals surface area contributed by atoms with Crippen molar-refractivity contribution in [2.24, 2.45) is 0 Å². The highest BCUT2D eigenvalue weighted by atomic mass is 19.1. The molecule has 104 valence electrons. The molecule has 1 aromatic carbocycles. The topological polar surface area (TPSA) is 99.2 Å². The minimum Gasteiger partial charge on any atom is -0.497 e. The van der Waals surface area contributed by atoms with Crippen molar-refractivity contribution in [2.75, 3.05) is 18.2 Å². The van der Waals surface area contributed by atoms with Gasteiger partial charge in [-0.05, 0) is 24.3 Å². The van der Waals surface area contributed by atoms with Crippen molar-refractivity contribution in [1.82, 2.24) is 9.55 Å². The smallest absolute Gasteiger partial charge is 0.357 e. The Morgan fingerprint density at radius 3 is 2.65 bits per heavy atom. The van der Waals surface area contributed by atoms with E-state index in [-0.39, 0.29) is 0 Å². The molecule has 8 heteroatoms. The third-order valence-corrected chi connectivity index (χ3v) is 2.47.